The SMILES string of the molecule is CCC(C)(C)C1CCc2nc3ccccc3c(C(=O)OCC(=O)Nc3ccc([N+](=O)[O-])cc3)c2C1. The van der Waals surface area contributed by atoms with Crippen LogP contribution in [0.1, 0.15) is 55.2 Å². The first kappa shape index (κ1) is 24.3. The number of hydrogen-bond acceptors (Lipinski definition) is 6. The van der Waals surface area contributed by atoms with Crippen molar-refractivity contribution in [3.63, 3.8) is 0 Å². The number of aryl methyl sites for hydroxylation is 1. The second kappa shape index (κ2) is 9.82. The average Bonchev–Trinajstić information content (AvgIpc) is 2.85. The summed E-state index contributed by atoms with van der Waals surface area (Å²) in [5.41, 5.74) is 3.51. The fraction of sp³-hybridized carbons (Fsp3) is 0.370. The van der Waals surface area contributed by atoms with Crippen LogP contribution < -0.4 is 5.32 Å². The molecule has 1 aliphatic rings. The van der Waals surface area contributed by atoms with Crippen molar-refractivity contribution < 1.29 is 19.2 Å². The van der Waals surface area contributed by atoms with Crippen molar-refractivity contribution >= 4 is 34.2 Å². The molecule has 35 heavy (non-hydrogen) atoms. The highest BCUT2D eigenvalue weighted by Gasteiger charge is 2.34. The van der Waals surface area contributed by atoms with Crippen LogP contribution in [-0.4, -0.2) is 28.4 Å². The second-order valence-corrected chi connectivity index (χ2v) is 9.64. The van der Waals surface area contributed by atoms with E-state index in [1.165, 1.54) is 24.3 Å². The number of nitrogens with one attached hydrogen (secondary N) is 1. The van der Waals surface area contributed by atoms with Crippen LogP contribution in [-0.2, 0) is 22.4 Å². The van der Waals surface area contributed by atoms with Gasteiger partial charge in [0.25, 0.3) is 11.6 Å². The molecule has 0 bridgehead atoms. The molecule has 4 rings (SSSR count). The Kier molecular flexibility index (Phi) is 6.82. The first-order valence-electron chi connectivity index (χ1n) is 11.8. The van der Waals surface area contributed by atoms with E-state index in [9.17, 15) is 19.7 Å². The summed E-state index contributed by atoms with van der Waals surface area (Å²) in [4.78, 5) is 40.8. The number of nitro benzene ring substituents is 1. The van der Waals surface area contributed by atoms with Gasteiger partial charge in [0.2, 0.25) is 0 Å². The Morgan fingerprint density at radius 3 is 2.57 bits per heavy atom. The highest BCUT2D eigenvalue weighted by molar-refractivity contribution is 6.06. The van der Waals surface area contributed by atoms with E-state index in [4.69, 9.17) is 9.72 Å². The number of amides is 1. The molecule has 1 unspecified atom stereocenters. The van der Waals surface area contributed by atoms with E-state index in [1.807, 2.05) is 24.3 Å². The molecule has 1 heterocycles. The molecule has 3 aromatic rings. The number of hydrogen-bond donors (Lipinski definition) is 1. The third-order valence-electron chi connectivity index (χ3n) is 7.18. The Balaban J connectivity index is 1.55. The Bertz CT molecular complexity index is 1280. The number of nitro groups is 1. The molecule has 0 fully saturated rings. The third-order valence-corrected chi connectivity index (χ3v) is 7.18. The molecule has 1 atom stereocenters. The monoisotopic (exact) mass is 475 g/mol. The maximum atomic E-state index is 13.3. The molecular formula is C27H29N3O5. The van der Waals surface area contributed by atoms with Crippen LogP contribution in [0.4, 0.5) is 11.4 Å². The van der Waals surface area contributed by atoms with Gasteiger partial charge in [-0.15, -0.1) is 0 Å². The fourth-order valence-electron chi connectivity index (χ4n) is 4.64. The lowest BCUT2D eigenvalue weighted by Gasteiger charge is -2.37. The van der Waals surface area contributed by atoms with E-state index in [-0.39, 0.29) is 11.1 Å². The van der Waals surface area contributed by atoms with Gasteiger partial charge in [-0.2, -0.15) is 0 Å². The van der Waals surface area contributed by atoms with Gasteiger partial charge in [-0.25, -0.2) is 4.79 Å². The number of anilines is 1. The van der Waals surface area contributed by atoms with Gasteiger partial charge in [0.15, 0.2) is 6.61 Å². The number of fused-ring (bicyclic) bond motifs is 2. The van der Waals surface area contributed by atoms with Crippen molar-refractivity contribution in [1.29, 1.82) is 0 Å². The quantitative estimate of drug-likeness (QED) is 0.275. The minimum Gasteiger partial charge on any atom is -0.452 e. The minimum atomic E-state index is -0.548. The smallest absolute Gasteiger partial charge is 0.339 e. The number of para-hydroxylation sites is 1. The number of pyridine rings is 1. The zero-order valence-corrected chi connectivity index (χ0v) is 20.2. The highest BCUT2D eigenvalue weighted by Crippen LogP contribution is 2.41. The normalized spacial score (nSPS) is 15.3. The van der Waals surface area contributed by atoms with Crippen molar-refractivity contribution in [2.45, 2.75) is 46.5 Å². The highest BCUT2D eigenvalue weighted by atomic mass is 16.6. The van der Waals surface area contributed by atoms with E-state index < -0.39 is 23.4 Å². The molecule has 1 aliphatic carbocycles. The van der Waals surface area contributed by atoms with Crippen molar-refractivity contribution in [2.75, 3.05) is 11.9 Å². The summed E-state index contributed by atoms with van der Waals surface area (Å²) in [6.07, 6.45) is 3.60. The summed E-state index contributed by atoms with van der Waals surface area (Å²) in [7, 11) is 0. The fourth-order valence-corrected chi connectivity index (χ4v) is 4.64. The van der Waals surface area contributed by atoms with Gasteiger partial charge >= 0.3 is 5.97 Å². The number of aromatic nitrogens is 1. The maximum Gasteiger partial charge on any atom is 0.339 e. The van der Waals surface area contributed by atoms with Gasteiger partial charge in [0, 0.05) is 28.9 Å². The maximum absolute atomic E-state index is 13.3. The van der Waals surface area contributed by atoms with Crippen LogP contribution in [0.15, 0.2) is 48.5 Å². The summed E-state index contributed by atoms with van der Waals surface area (Å²) < 4.78 is 5.46. The van der Waals surface area contributed by atoms with E-state index in [2.05, 4.69) is 26.1 Å². The number of rotatable bonds is 7. The minimum absolute atomic E-state index is 0.0756. The number of benzene rings is 2. The molecule has 1 amide bonds. The first-order valence-corrected chi connectivity index (χ1v) is 11.8. The predicted molar refractivity (Wildman–Crippen MR) is 133 cm³/mol. The van der Waals surface area contributed by atoms with Crippen molar-refractivity contribution in [3.8, 4) is 0 Å². The molecule has 0 radical (unpaired) electrons. The Morgan fingerprint density at radius 2 is 1.89 bits per heavy atom. The van der Waals surface area contributed by atoms with Gasteiger partial charge in [-0.05, 0) is 54.4 Å². The molecule has 0 aliphatic heterocycles. The molecule has 1 aromatic heterocycles. The molecular weight excluding hydrogens is 446 g/mol. The first-order chi connectivity index (χ1) is 16.7. The van der Waals surface area contributed by atoms with Gasteiger partial charge in [-0.1, -0.05) is 45.4 Å². The Labute approximate surface area is 203 Å². The summed E-state index contributed by atoms with van der Waals surface area (Å²) >= 11 is 0. The van der Waals surface area contributed by atoms with Gasteiger partial charge < -0.3 is 10.1 Å². The molecule has 8 nitrogen and oxygen atoms in total. The number of non-ortho nitro benzene ring substituents is 1. The number of nitrogens with zero attached hydrogens (tertiary/aromatic N) is 2. The average molecular weight is 476 g/mol. The number of ether oxygens (including phenoxy) is 1. The van der Waals surface area contributed by atoms with Gasteiger partial charge in [-0.3, -0.25) is 19.9 Å². The van der Waals surface area contributed by atoms with Crippen LogP contribution in [0.5, 0.6) is 0 Å². The summed E-state index contributed by atoms with van der Waals surface area (Å²) in [6, 6.07) is 13.0. The lowest BCUT2D eigenvalue weighted by molar-refractivity contribution is -0.384. The molecule has 182 valence electrons. The zero-order chi connectivity index (χ0) is 25.2. The van der Waals surface area contributed by atoms with Crippen LogP contribution in [0, 0.1) is 21.4 Å². The van der Waals surface area contributed by atoms with Crippen LogP contribution in [0.2, 0.25) is 0 Å². The lowest BCUT2D eigenvalue weighted by Crippen LogP contribution is -2.31. The van der Waals surface area contributed by atoms with E-state index >= 15 is 0 Å². The molecule has 0 saturated heterocycles. The largest absolute Gasteiger partial charge is 0.452 e. The van der Waals surface area contributed by atoms with Gasteiger partial charge in [0.05, 0.1) is 16.0 Å². The standard InChI is InChI=1S/C27H29N3O5/c1-4-27(2,3)17-9-14-23-21(15-17)25(20-7-5-6-8-22(20)29-23)26(32)35-16-24(31)28-18-10-12-19(13-11-18)30(33)34/h5-8,10-13,17H,4,9,14-16H2,1-3H3,(H,28,31). The predicted octanol–water partition coefficient (Wildman–Crippen LogP) is 5.48. The third kappa shape index (κ3) is 5.16. The van der Waals surface area contributed by atoms with Crippen molar-refractivity contribution in [3.05, 3.63) is 75.5 Å². The Hall–Kier alpha value is -3.81. The van der Waals surface area contributed by atoms with Crippen LogP contribution in [0.3, 0.4) is 0 Å². The second-order valence-electron chi connectivity index (χ2n) is 9.64. The lowest BCUT2D eigenvalue weighted by atomic mass is 9.68. The summed E-state index contributed by atoms with van der Waals surface area (Å²) in [5, 5.41) is 14.1. The van der Waals surface area contributed by atoms with E-state index in [0.29, 0.717) is 17.2 Å². The number of carbonyl (C=O) groups excluding carboxylic acids is 2. The number of esters is 1. The van der Waals surface area contributed by atoms with E-state index in [0.717, 1.165) is 47.8 Å². The van der Waals surface area contributed by atoms with Crippen molar-refractivity contribution in [1.82, 2.24) is 4.98 Å². The van der Waals surface area contributed by atoms with Crippen LogP contribution in [0.25, 0.3) is 10.9 Å². The van der Waals surface area contributed by atoms with Crippen LogP contribution >= 0.6 is 0 Å². The Morgan fingerprint density at radius 1 is 1.17 bits per heavy atom. The molecule has 2 aromatic carbocycles. The summed E-state index contributed by atoms with van der Waals surface area (Å²) in [6.45, 7) is 6.24. The van der Waals surface area contributed by atoms with E-state index in [1.54, 1.807) is 0 Å². The van der Waals surface area contributed by atoms with Crippen molar-refractivity contribution in [2.24, 2.45) is 11.3 Å². The molecule has 0 saturated carbocycles. The number of carbonyl (C=O) groups is 2. The molecule has 0 spiro atoms. The zero-order valence-electron chi connectivity index (χ0n) is 20.2. The van der Waals surface area contributed by atoms with Gasteiger partial charge in [0.1, 0.15) is 0 Å². The topological polar surface area (TPSA) is 111 Å². The molecule has 1 N–H and O–H groups in total. The molecule has 8 heteroatoms. The summed E-state index contributed by atoms with van der Waals surface area (Å²) in [5.74, 6) is -0.655.